The van der Waals surface area contributed by atoms with Crippen molar-refractivity contribution in [3.8, 4) is 0 Å². The molecule has 108 valence electrons. The molecule has 3 unspecified atom stereocenters. The number of benzene rings is 1. The zero-order valence-corrected chi connectivity index (χ0v) is 12.4. The molecular formula is C15H18ClFN2O. The molecule has 1 aromatic heterocycles. The van der Waals surface area contributed by atoms with E-state index in [0.29, 0.717) is 11.4 Å². The number of rotatable bonds is 3. The molecule has 1 aromatic carbocycles. The predicted molar refractivity (Wildman–Crippen MR) is 77.5 cm³/mol. The SMILES string of the molecule is CC(Cl)c1nc2c(F)cccc2n1CC1CCOC1C. The first kappa shape index (κ1) is 13.8. The maximum absolute atomic E-state index is 13.9. The highest BCUT2D eigenvalue weighted by Gasteiger charge is 2.27. The van der Waals surface area contributed by atoms with E-state index in [0.717, 1.165) is 30.9 Å². The largest absolute Gasteiger partial charge is 0.378 e. The van der Waals surface area contributed by atoms with E-state index in [2.05, 4.69) is 11.9 Å². The molecule has 0 bridgehead atoms. The van der Waals surface area contributed by atoms with Crippen LogP contribution >= 0.6 is 11.6 Å². The van der Waals surface area contributed by atoms with Crippen LogP contribution in [0.3, 0.4) is 0 Å². The van der Waals surface area contributed by atoms with Gasteiger partial charge in [0.1, 0.15) is 11.3 Å². The molecule has 0 amide bonds. The summed E-state index contributed by atoms with van der Waals surface area (Å²) in [7, 11) is 0. The number of aromatic nitrogens is 2. The number of fused-ring (bicyclic) bond motifs is 1. The maximum Gasteiger partial charge on any atom is 0.151 e. The molecule has 2 aromatic rings. The average Bonchev–Trinajstić information content (AvgIpc) is 2.96. The highest BCUT2D eigenvalue weighted by atomic mass is 35.5. The summed E-state index contributed by atoms with van der Waals surface area (Å²) in [5.41, 5.74) is 1.22. The lowest BCUT2D eigenvalue weighted by molar-refractivity contribution is 0.102. The molecule has 3 rings (SSSR count). The smallest absolute Gasteiger partial charge is 0.151 e. The van der Waals surface area contributed by atoms with E-state index in [-0.39, 0.29) is 17.3 Å². The van der Waals surface area contributed by atoms with Crippen LogP contribution in [0.15, 0.2) is 18.2 Å². The third kappa shape index (κ3) is 2.31. The van der Waals surface area contributed by atoms with Gasteiger partial charge >= 0.3 is 0 Å². The van der Waals surface area contributed by atoms with E-state index in [1.807, 2.05) is 17.6 Å². The van der Waals surface area contributed by atoms with E-state index in [1.54, 1.807) is 6.07 Å². The Morgan fingerprint density at radius 3 is 3.00 bits per heavy atom. The lowest BCUT2D eigenvalue weighted by Crippen LogP contribution is -2.19. The Balaban J connectivity index is 2.07. The Kier molecular flexibility index (Phi) is 3.69. The number of para-hydroxylation sites is 1. The van der Waals surface area contributed by atoms with E-state index in [9.17, 15) is 4.39 Å². The molecule has 0 radical (unpaired) electrons. The molecule has 0 spiro atoms. The van der Waals surface area contributed by atoms with Gasteiger partial charge in [-0.3, -0.25) is 0 Å². The van der Waals surface area contributed by atoms with Gasteiger partial charge in [-0.25, -0.2) is 9.37 Å². The van der Waals surface area contributed by atoms with Crippen LogP contribution in [0, 0.1) is 11.7 Å². The maximum atomic E-state index is 13.9. The van der Waals surface area contributed by atoms with Gasteiger partial charge in [-0.1, -0.05) is 6.07 Å². The molecule has 1 saturated heterocycles. The van der Waals surface area contributed by atoms with Crippen molar-refractivity contribution in [2.75, 3.05) is 6.61 Å². The first-order chi connectivity index (χ1) is 9.58. The van der Waals surface area contributed by atoms with Crippen molar-refractivity contribution in [3.63, 3.8) is 0 Å². The topological polar surface area (TPSA) is 27.1 Å². The predicted octanol–water partition coefficient (Wildman–Crippen LogP) is 3.90. The Morgan fingerprint density at radius 2 is 2.35 bits per heavy atom. The number of nitrogens with zero attached hydrogens (tertiary/aromatic N) is 2. The van der Waals surface area contributed by atoms with Gasteiger partial charge < -0.3 is 9.30 Å². The van der Waals surface area contributed by atoms with Gasteiger partial charge in [-0.05, 0) is 32.4 Å². The molecule has 1 aliphatic heterocycles. The second-order valence-electron chi connectivity index (χ2n) is 5.43. The molecule has 2 heterocycles. The highest BCUT2D eigenvalue weighted by Crippen LogP contribution is 2.30. The van der Waals surface area contributed by atoms with E-state index in [1.165, 1.54) is 6.07 Å². The van der Waals surface area contributed by atoms with Crippen LogP contribution in [0.2, 0.25) is 0 Å². The number of hydrogen-bond donors (Lipinski definition) is 0. The van der Waals surface area contributed by atoms with E-state index < -0.39 is 0 Å². The molecule has 5 heteroatoms. The van der Waals surface area contributed by atoms with Gasteiger partial charge in [0, 0.05) is 19.1 Å². The van der Waals surface area contributed by atoms with Crippen LogP contribution in [-0.2, 0) is 11.3 Å². The Hall–Kier alpha value is -1.13. The van der Waals surface area contributed by atoms with E-state index in [4.69, 9.17) is 16.3 Å². The Labute approximate surface area is 122 Å². The van der Waals surface area contributed by atoms with Gasteiger partial charge in [0.2, 0.25) is 0 Å². The zero-order chi connectivity index (χ0) is 14.3. The zero-order valence-electron chi connectivity index (χ0n) is 11.6. The van der Waals surface area contributed by atoms with Crippen molar-refractivity contribution >= 4 is 22.6 Å². The second kappa shape index (κ2) is 5.34. The van der Waals surface area contributed by atoms with Crippen molar-refractivity contribution in [2.45, 2.75) is 38.3 Å². The quantitative estimate of drug-likeness (QED) is 0.803. The average molecular weight is 297 g/mol. The molecular weight excluding hydrogens is 279 g/mol. The number of ether oxygens (including phenoxy) is 1. The van der Waals surface area contributed by atoms with Crippen LogP contribution in [-0.4, -0.2) is 22.3 Å². The van der Waals surface area contributed by atoms with Crippen molar-refractivity contribution < 1.29 is 9.13 Å². The summed E-state index contributed by atoms with van der Waals surface area (Å²) >= 11 is 6.22. The Bertz CT molecular complexity index is 626. The third-order valence-corrected chi connectivity index (χ3v) is 4.26. The monoisotopic (exact) mass is 296 g/mol. The molecule has 0 saturated carbocycles. The molecule has 20 heavy (non-hydrogen) atoms. The summed E-state index contributed by atoms with van der Waals surface area (Å²) in [6.07, 6.45) is 1.24. The first-order valence-electron chi connectivity index (χ1n) is 6.98. The molecule has 3 atom stereocenters. The highest BCUT2D eigenvalue weighted by molar-refractivity contribution is 6.20. The minimum absolute atomic E-state index is 0.222. The number of hydrogen-bond acceptors (Lipinski definition) is 2. The van der Waals surface area contributed by atoms with Crippen LogP contribution in [0.25, 0.3) is 11.0 Å². The third-order valence-electron chi connectivity index (χ3n) is 4.07. The van der Waals surface area contributed by atoms with Gasteiger partial charge in [0.15, 0.2) is 5.82 Å². The molecule has 0 aliphatic carbocycles. The van der Waals surface area contributed by atoms with Gasteiger partial charge in [-0.2, -0.15) is 0 Å². The van der Waals surface area contributed by atoms with Crippen LogP contribution in [0.4, 0.5) is 4.39 Å². The summed E-state index contributed by atoms with van der Waals surface area (Å²) < 4.78 is 21.5. The summed E-state index contributed by atoms with van der Waals surface area (Å²) in [5.74, 6) is 0.853. The fourth-order valence-electron chi connectivity index (χ4n) is 2.88. The van der Waals surface area contributed by atoms with Crippen molar-refractivity contribution in [1.29, 1.82) is 0 Å². The fraction of sp³-hybridized carbons (Fsp3) is 0.533. The molecule has 0 N–H and O–H groups in total. The van der Waals surface area contributed by atoms with Crippen LogP contribution in [0.1, 0.15) is 31.5 Å². The lowest BCUT2D eigenvalue weighted by Gasteiger charge is -2.18. The summed E-state index contributed by atoms with van der Waals surface area (Å²) in [6, 6.07) is 5.05. The second-order valence-corrected chi connectivity index (χ2v) is 6.08. The molecule has 3 nitrogen and oxygen atoms in total. The van der Waals surface area contributed by atoms with Crippen LogP contribution in [0.5, 0.6) is 0 Å². The number of halogens is 2. The first-order valence-corrected chi connectivity index (χ1v) is 7.42. The number of alkyl halides is 1. The molecule has 1 aliphatic rings. The van der Waals surface area contributed by atoms with Crippen LogP contribution < -0.4 is 0 Å². The fourth-order valence-corrected chi connectivity index (χ4v) is 3.04. The van der Waals surface area contributed by atoms with Gasteiger partial charge in [0.25, 0.3) is 0 Å². The summed E-state index contributed by atoms with van der Waals surface area (Å²) in [5, 5.41) is -0.251. The number of imidazole rings is 1. The summed E-state index contributed by atoms with van der Waals surface area (Å²) in [6.45, 7) is 5.51. The lowest BCUT2D eigenvalue weighted by atomic mass is 10.0. The minimum atomic E-state index is -0.296. The standard InChI is InChI=1S/C15H18ClFN2O/c1-9(16)15-18-14-12(17)4-3-5-13(14)19(15)8-11-6-7-20-10(11)2/h3-5,9-11H,6-8H2,1-2H3. The van der Waals surface area contributed by atoms with Gasteiger partial charge in [-0.15, -0.1) is 11.6 Å². The van der Waals surface area contributed by atoms with Crippen molar-refractivity contribution in [1.82, 2.24) is 9.55 Å². The summed E-state index contributed by atoms with van der Waals surface area (Å²) in [4.78, 5) is 4.39. The normalized spacial score (nSPS) is 24.4. The van der Waals surface area contributed by atoms with Gasteiger partial charge in [0.05, 0.1) is 17.0 Å². The van der Waals surface area contributed by atoms with Crippen molar-refractivity contribution in [3.05, 3.63) is 29.8 Å². The minimum Gasteiger partial charge on any atom is -0.378 e. The van der Waals surface area contributed by atoms with Crippen molar-refractivity contribution in [2.24, 2.45) is 5.92 Å². The Morgan fingerprint density at radius 1 is 1.55 bits per heavy atom. The molecule has 1 fully saturated rings. The van der Waals surface area contributed by atoms with E-state index >= 15 is 0 Å².